The smallest absolute Gasteiger partial charge is 0.298 e. The predicted molar refractivity (Wildman–Crippen MR) is 97.6 cm³/mol. The molecule has 0 spiro atoms. The average molecular weight is 342 g/mol. The molecule has 2 aromatic rings. The number of carbonyl (C=O) groups excluding carboxylic acids is 1. The molecule has 4 rings (SSSR count). The first kappa shape index (κ1) is 16.4. The lowest BCUT2D eigenvalue weighted by molar-refractivity contribution is -0.137. The number of nitrogens with one attached hydrogen (secondary N) is 1. The molecule has 2 aliphatic rings. The third-order valence-electron chi connectivity index (χ3n) is 5.60. The number of fused-ring (bicyclic) bond motifs is 1. The van der Waals surface area contributed by atoms with Gasteiger partial charge < -0.3 is 19.5 Å². The van der Waals surface area contributed by atoms with Crippen LogP contribution in [0.3, 0.4) is 0 Å². The summed E-state index contributed by atoms with van der Waals surface area (Å²) in [6.45, 7) is 3.67. The number of rotatable bonds is 3. The number of aromatic nitrogens is 1. The minimum Gasteiger partial charge on any atom is -0.423 e. The Balaban J connectivity index is 1.36. The van der Waals surface area contributed by atoms with Crippen molar-refractivity contribution in [3.8, 4) is 0 Å². The van der Waals surface area contributed by atoms with Gasteiger partial charge in [-0.05, 0) is 50.9 Å². The van der Waals surface area contributed by atoms with Crippen LogP contribution in [0.1, 0.15) is 25.7 Å². The Morgan fingerprint density at radius 2 is 1.92 bits per heavy atom. The zero-order chi connectivity index (χ0) is 17.2. The SMILES string of the molecule is CN(C(=O)C1CCN(c2nc3ccccc3o2)CC1)C1CCNCC1. The highest BCUT2D eigenvalue weighted by Gasteiger charge is 2.31. The van der Waals surface area contributed by atoms with E-state index in [0.717, 1.165) is 63.0 Å². The van der Waals surface area contributed by atoms with Crippen molar-refractivity contribution in [3.05, 3.63) is 24.3 Å². The summed E-state index contributed by atoms with van der Waals surface area (Å²) in [7, 11) is 1.98. The van der Waals surface area contributed by atoms with Crippen LogP contribution in [0.15, 0.2) is 28.7 Å². The number of hydrogen-bond acceptors (Lipinski definition) is 5. The van der Waals surface area contributed by atoms with Crippen LogP contribution >= 0.6 is 0 Å². The zero-order valence-electron chi connectivity index (χ0n) is 14.8. The molecular weight excluding hydrogens is 316 g/mol. The first-order valence-electron chi connectivity index (χ1n) is 9.30. The van der Waals surface area contributed by atoms with Crippen molar-refractivity contribution in [1.82, 2.24) is 15.2 Å². The summed E-state index contributed by atoms with van der Waals surface area (Å²) in [6.07, 6.45) is 3.85. The Kier molecular flexibility index (Phi) is 4.61. The van der Waals surface area contributed by atoms with Crippen LogP contribution in [0.25, 0.3) is 11.1 Å². The van der Waals surface area contributed by atoms with Crippen LogP contribution in [0.5, 0.6) is 0 Å². The fourth-order valence-electron chi connectivity index (χ4n) is 3.97. The van der Waals surface area contributed by atoms with Crippen molar-refractivity contribution in [2.24, 2.45) is 5.92 Å². The topological polar surface area (TPSA) is 61.6 Å². The molecule has 134 valence electrons. The van der Waals surface area contributed by atoms with E-state index in [0.29, 0.717) is 18.0 Å². The normalized spacial score (nSPS) is 20.1. The van der Waals surface area contributed by atoms with Crippen LogP contribution in [0.2, 0.25) is 0 Å². The Morgan fingerprint density at radius 1 is 1.20 bits per heavy atom. The summed E-state index contributed by atoms with van der Waals surface area (Å²) in [5.41, 5.74) is 1.71. The van der Waals surface area contributed by atoms with Gasteiger partial charge in [0.2, 0.25) is 5.91 Å². The van der Waals surface area contributed by atoms with Crippen molar-refractivity contribution in [2.45, 2.75) is 31.7 Å². The number of hydrogen-bond donors (Lipinski definition) is 1. The van der Waals surface area contributed by atoms with E-state index in [1.54, 1.807) is 0 Å². The highest BCUT2D eigenvalue weighted by molar-refractivity contribution is 5.79. The van der Waals surface area contributed by atoms with Crippen molar-refractivity contribution in [1.29, 1.82) is 0 Å². The first-order chi connectivity index (χ1) is 12.2. The van der Waals surface area contributed by atoms with E-state index in [-0.39, 0.29) is 5.92 Å². The van der Waals surface area contributed by atoms with Gasteiger partial charge in [-0.25, -0.2) is 0 Å². The average Bonchev–Trinajstić information content (AvgIpc) is 3.12. The predicted octanol–water partition coefficient (Wildman–Crippen LogP) is 2.25. The number of oxazole rings is 1. The van der Waals surface area contributed by atoms with Gasteiger partial charge in [0.05, 0.1) is 0 Å². The van der Waals surface area contributed by atoms with Crippen LogP contribution in [-0.2, 0) is 4.79 Å². The van der Waals surface area contributed by atoms with E-state index in [2.05, 4.69) is 15.2 Å². The van der Waals surface area contributed by atoms with E-state index in [4.69, 9.17) is 4.42 Å². The van der Waals surface area contributed by atoms with E-state index < -0.39 is 0 Å². The molecule has 0 unspecified atom stereocenters. The molecule has 1 N–H and O–H groups in total. The second-order valence-electron chi connectivity index (χ2n) is 7.16. The van der Waals surface area contributed by atoms with Gasteiger partial charge in [0.25, 0.3) is 6.01 Å². The fraction of sp³-hybridized carbons (Fsp3) is 0.579. The molecule has 1 aromatic heterocycles. The molecule has 6 nitrogen and oxygen atoms in total. The number of amides is 1. The summed E-state index contributed by atoms with van der Waals surface area (Å²) in [6, 6.07) is 8.90. The van der Waals surface area contributed by atoms with E-state index in [1.807, 2.05) is 36.2 Å². The molecule has 3 heterocycles. The number of benzene rings is 1. The standard InChI is InChI=1S/C19H26N4O2/c1-22(15-6-10-20-11-7-15)18(24)14-8-12-23(13-9-14)19-21-16-4-2-3-5-17(16)25-19/h2-5,14-15,20H,6-13H2,1H3. The van der Waals surface area contributed by atoms with Gasteiger partial charge in [0.1, 0.15) is 5.52 Å². The lowest BCUT2D eigenvalue weighted by atomic mass is 9.94. The number of para-hydroxylation sites is 2. The van der Waals surface area contributed by atoms with Crippen molar-refractivity contribution in [2.75, 3.05) is 38.1 Å². The molecule has 0 radical (unpaired) electrons. The minimum absolute atomic E-state index is 0.125. The minimum atomic E-state index is 0.125. The molecule has 1 amide bonds. The quantitative estimate of drug-likeness (QED) is 0.927. The molecule has 25 heavy (non-hydrogen) atoms. The van der Waals surface area contributed by atoms with Crippen LogP contribution in [-0.4, -0.2) is 55.1 Å². The number of carbonyl (C=O) groups is 1. The monoisotopic (exact) mass is 342 g/mol. The largest absolute Gasteiger partial charge is 0.423 e. The number of anilines is 1. The third-order valence-corrected chi connectivity index (χ3v) is 5.60. The summed E-state index contributed by atoms with van der Waals surface area (Å²) < 4.78 is 5.86. The maximum Gasteiger partial charge on any atom is 0.298 e. The molecule has 0 aliphatic carbocycles. The first-order valence-corrected chi connectivity index (χ1v) is 9.30. The van der Waals surface area contributed by atoms with E-state index in [1.165, 1.54) is 0 Å². The molecular formula is C19H26N4O2. The number of nitrogens with zero attached hydrogens (tertiary/aromatic N) is 3. The third kappa shape index (κ3) is 3.35. The lowest BCUT2D eigenvalue weighted by Gasteiger charge is -2.36. The Bertz CT molecular complexity index is 697. The van der Waals surface area contributed by atoms with Gasteiger partial charge in [0, 0.05) is 32.1 Å². The highest BCUT2D eigenvalue weighted by atomic mass is 16.4. The van der Waals surface area contributed by atoms with Gasteiger partial charge in [-0.3, -0.25) is 4.79 Å². The Labute approximate surface area is 148 Å². The van der Waals surface area contributed by atoms with E-state index in [9.17, 15) is 4.79 Å². The van der Waals surface area contributed by atoms with Gasteiger partial charge in [-0.1, -0.05) is 12.1 Å². The van der Waals surface area contributed by atoms with Crippen LogP contribution < -0.4 is 10.2 Å². The van der Waals surface area contributed by atoms with Gasteiger partial charge in [-0.15, -0.1) is 0 Å². The molecule has 1 aromatic carbocycles. The molecule has 0 bridgehead atoms. The second kappa shape index (κ2) is 7.04. The molecule has 0 saturated carbocycles. The fourth-order valence-corrected chi connectivity index (χ4v) is 3.97. The maximum absolute atomic E-state index is 12.8. The molecule has 2 aliphatic heterocycles. The van der Waals surface area contributed by atoms with Crippen molar-refractivity contribution < 1.29 is 9.21 Å². The summed E-state index contributed by atoms with van der Waals surface area (Å²) in [5.74, 6) is 0.435. The highest BCUT2D eigenvalue weighted by Crippen LogP contribution is 2.27. The summed E-state index contributed by atoms with van der Waals surface area (Å²) in [4.78, 5) is 21.6. The molecule has 0 atom stereocenters. The van der Waals surface area contributed by atoms with E-state index >= 15 is 0 Å². The maximum atomic E-state index is 12.8. The second-order valence-corrected chi connectivity index (χ2v) is 7.16. The van der Waals surface area contributed by atoms with Gasteiger partial charge >= 0.3 is 0 Å². The van der Waals surface area contributed by atoms with Crippen LogP contribution in [0.4, 0.5) is 6.01 Å². The summed E-state index contributed by atoms with van der Waals surface area (Å²) >= 11 is 0. The van der Waals surface area contributed by atoms with Crippen molar-refractivity contribution >= 4 is 23.0 Å². The lowest BCUT2D eigenvalue weighted by Crippen LogP contribution is -2.48. The van der Waals surface area contributed by atoms with Gasteiger partial charge in [0.15, 0.2) is 5.58 Å². The van der Waals surface area contributed by atoms with Crippen molar-refractivity contribution in [3.63, 3.8) is 0 Å². The number of piperidine rings is 2. The molecule has 2 fully saturated rings. The summed E-state index contributed by atoms with van der Waals surface area (Å²) in [5, 5.41) is 3.36. The van der Waals surface area contributed by atoms with Gasteiger partial charge in [-0.2, -0.15) is 4.98 Å². The Hall–Kier alpha value is -2.08. The Morgan fingerprint density at radius 3 is 2.64 bits per heavy atom. The molecule has 2 saturated heterocycles. The molecule has 6 heteroatoms. The zero-order valence-corrected chi connectivity index (χ0v) is 14.8. The van der Waals surface area contributed by atoms with Crippen LogP contribution in [0, 0.1) is 5.92 Å².